The summed E-state index contributed by atoms with van der Waals surface area (Å²) in [5.74, 6) is 0. The van der Waals surface area contributed by atoms with Crippen LogP contribution in [0.3, 0.4) is 0 Å². The molecule has 1 aliphatic rings. The van der Waals surface area contributed by atoms with E-state index in [4.69, 9.17) is 0 Å². The Kier molecular flexibility index (Phi) is 1.92. The normalized spacial score (nSPS) is 37.3. The summed E-state index contributed by atoms with van der Waals surface area (Å²) in [6, 6.07) is 0. The Morgan fingerprint density at radius 3 is 2.00 bits per heavy atom. The Labute approximate surface area is 67.6 Å². The molecule has 1 aliphatic heterocycles. The van der Waals surface area contributed by atoms with E-state index in [0.29, 0.717) is 0 Å². The second kappa shape index (κ2) is 2.35. The summed E-state index contributed by atoms with van der Waals surface area (Å²) in [7, 11) is -4.71. The first-order valence-corrected chi connectivity index (χ1v) is 4.69. The molecular formula is C5H7F3O3S. The Balaban J connectivity index is 2.99. The fourth-order valence-corrected chi connectivity index (χ4v) is 2.18. The molecule has 1 unspecified atom stereocenters. The van der Waals surface area contributed by atoms with Crippen LogP contribution in [-0.4, -0.2) is 19.5 Å². The first-order chi connectivity index (χ1) is 5.27. The van der Waals surface area contributed by atoms with Gasteiger partial charge in [-0.1, -0.05) is 13.3 Å². The summed E-state index contributed by atoms with van der Waals surface area (Å²) in [6.07, 6.45) is -4.93. The molecule has 1 heterocycles. The summed E-state index contributed by atoms with van der Waals surface area (Å²) in [5.41, 5.74) is 0. The van der Waals surface area contributed by atoms with E-state index < -0.39 is 27.6 Å². The third-order valence-electron chi connectivity index (χ3n) is 1.62. The van der Waals surface area contributed by atoms with Crippen molar-refractivity contribution in [2.45, 2.75) is 30.9 Å². The van der Waals surface area contributed by atoms with Crippen molar-refractivity contribution in [3.05, 3.63) is 0 Å². The van der Waals surface area contributed by atoms with Gasteiger partial charge < -0.3 is 0 Å². The van der Waals surface area contributed by atoms with Crippen LogP contribution in [-0.2, 0) is 14.3 Å². The van der Waals surface area contributed by atoms with Crippen LogP contribution in [0.4, 0.5) is 13.2 Å². The zero-order valence-electron chi connectivity index (χ0n) is 6.18. The van der Waals surface area contributed by atoms with Gasteiger partial charge >= 0.3 is 21.2 Å². The first kappa shape index (κ1) is 9.79. The van der Waals surface area contributed by atoms with Crippen LogP contribution in [0.1, 0.15) is 19.8 Å². The van der Waals surface area contributed by atoms with Crippen molar-refractivity contribution in [2.24, 2.45) is 0 Å². The van der Waals surface area contributed by atoms with E-state index in [1.165, 1.54) is 6.92 Å². The maximum atomic E-state index is 13.0. The zero-order chi connectivity index (χ0) is 9.62. The molecule has 1 atom stereocenters. The molecule has 1 fully saturated rings. The summed E-state index contributed by atoms with van der Waals surface area (Å²) in [4.78, 5) is 0. The van der Waals surface area contributed by atoms with Gasteiger partial charge in [0.05, 0.1) is 0 Å². The van der Waals surface area contributed by atoms with Crippen LogP contribution in [0.25, 0.3) is 0 Å². The van der Waals surface area contributed by atoms with Crippen molar-refractivity contribution < 1.29 is 25.8 Å². The topological polar surface area (TPSA) is 43.4 Å². The number of hydrogen-bond acceptors (Lipinski definition) is 3. The second-order valence-corrected chi connectivity index (χ2v) is 4.25. The number of rotatable bonds is 2. The van der Waals surface area contributed by atoms with E-state index in [1.54, 1.807) is 0 Å². The van der Waals surface area contributed by atoms with Crippen LogP contribution in [0.5, 0.6) is 0 Å². The zero-order valence-corrected chi connectivity index (χ0v) is 7.00. The maximum Gasteiger partial charge on any atom is 0.420 e. The SMILES string of the molecule is CCCC1(F)C(F)(F)OS1(=O)=O. The first-order valence-electron chi connectivity index (χ1n) is 3.29. The summed E-state index contributed by atoms with van der Waals surface area (Å²) < 4.78 is 61.7. The molecule has 3 nitrogen and oxygen atoms in total. The molecule has 72 valence electrons. The fraction of sp³-hybridized carbons (Fsp3) is 1.00. The molecule has 0 N–H and O–H groups in total. The van der Waals surface area contributed by atoms with E-state index in [2.05, 4.69) is 4.18 Å². The number of alkyl halides is 3. The highest BCUT2D eigenvalue weighted by Crippen LogP contribution is 2.52. The van der Waals surface area contributed by atoms with Crippen molar-refractivity contribution in [1.29, 1.82) is 0 Å². The van der Waals surface area contributed by atoms with Gasteiger partial charge in [-0.25, -0.2) is 4.39 Å². The predicted octanol–water partition coefficient (Wildman–Crippen LogP) is 1.41. The van der Waals surface area contributed by atoms with Crippen LogP contribution in [0.2, 0.25) is 0 Å². The highest BCUT2D eigenvalue weighted by atomic mass is 32.2. The molecule has 0 aliphatic carbocycles. The molecule has 0 bridgehead atoms. The van der Waals surface area contributed by atoms with E-state index in [-0.39, 0.29) is 6.42 Å². The molecular weight excluding hydrogens is 197 g/mol. The molecule has 12 heavy (non-hydrogen) atoms. The number of hydrogen-bond donors (Lipinski definition) is 0. The van der Waals surface area contributed by atoms with Gasteiger partial charge in [0.2, 0.25) is 0 Å². The van der Waals surface area contributed by atoms with Crippen molar-refractivity contribution in [1.82, 2.24) is 0 Å². The maximum absolute atomic E-state index is 13.0. The summed E-state index contributed by atoms with van der Waals surface area (Å²) in [6.45, 7) is 1.41. The average Bonchev–Trinajstić information content (AvgIpc) is 1.85. The van der Waals surface area contributed by atoms with E-state index in [0.717, 1.165) is 0 Å². The monoisotopic (exact) mass is 204 g/mol. The molecule has 0 saturated carbocycles. The van der Waals surface area contributed by atoms with E-state index in [1.807, 2.05) is 0 Å². The minimum Gasteiger partial charge on any atom is -0.214 e. The van der Waals surface area contributed by atoms with E-state index in [9.17, 15) is 21.6 Å². The van der Waals surface area contributed by atoms with Gasteiger partial charge in [0.25, 0.3) is 0 Å². The highest BCUT2D eigenvalue weighted by molar-refractivity contribution is 7.89. The van der Waals surface area contributed by atoms with Gasteiger partial charge in [-0.2, -0.15) is 21.4 Å². The second-order valence-electron chi connectivity index (χ2n) is 2.53. The lowest BCUT2D eigenvalue weighted by atomic mass is 10.2. The molecule has 0 aromatic carbocycles. The number of halogens is 3. The van der Waals surface area contributed by atoms with Crippen LogP contribution in [0, 0.1) is 0 Å². The Hall–Kier alpha value is -0.300. The average molecular weight is 204 g/mol. The third kappa shape index (κ3) is 0.957. The molecule has 1 rings (SSSR count). The van der Waals surface area contributed by atoms with Crippen LogP contribution < -0.4 is 0 Å². The molecule has 0 amide bonds. The molecule has 1 saturated heterocycles. The van der Waals surface area contributed by atoms with E-state index >= 15 is 0 Å². The van der Waals surface area contributed by atoms with Gasteiger partial charge in [-0.05, 0) is 0 Å². The molecule has 0 radical (unpaired) electrons. The van der Waals surface area contributed by atoms with Crippen LogP contribution >= 0.6 is 0 Å². The van der Waals surface area contributed by atoms with Crippen molar-refractivity contribution >= 4 is 10.1 Å². The lowest BCUT2D eigenvalue weighted by Gasteiger charge is -2.39. The minimum absolute atomic E-state index is 0.00861. The molecule has 0 aromatic rings. The Morgan fingerprint density at radius 2 is 1.83 bits per heavy atom. The standard InChI is InChI=1S/C5H7F3O3S/c1-2-3-4(6)5(7,8)11-12(4,9)10/h2-3H2,1H3. The fourth-order valence-electron chi connectivity index (χ4n) is 0.970. The summed E-state index contributed by atoms with van der Waals surface area (Å²) >= 11 is 0. The third-order valence-corrected chi connectivity index (χ3v) is 3.28. The largest absolute Gasteiger partial charge is 0.420 e. The molecule has 0 spiro atoms. The highest BCUT2D eigenvalue weighted by Gasteiger charge is 2.77. The summed E-state index contributed by atoms with van der Waals surface area (Å²) in [5, 5.41) is -3.52. The van der Waals surface area contributed by atoms with Gasteiger partial charge in [0, 0.05) is 6.42 Å². The predicted molar refractivity (Wildman–Crippen MR) is 33.7 cm³/mol. The van der Waals surface area contributed by atoms with Gasteiger partial charge in [0.1, 0.15) is 0 Å². The lowest BCUT2D eigenvalue weighted by Crippen LogP contribution is -2.64. The van der Waals surface area contributed by atoms with Gasteiger partial charge in [0.15, 0.2) is 0 Å². The Bertz CT molecular complexity index is 286. The van der Waals surface area contributed by atoms with Crippen LogP contribution in [0.15, 0.2) is 0 Å². The van der Waals surface area contributed by atoms with Crippen molar-refractivity contribution in [2.75, 3.05) is 0 Å². The molecule has 0 aromatic heterocycles. The molecule has 7 heteroatoms. The quantitative estimate of drug-likeness (QED) is 0.638. The Morgan fingerprint density at radius 1 is 1.33 bits per heavy atom. The lowest BCUT2D eigenvalue weighted by molar-refractivity contribution is -0.277. The van der Waals surface area contributed by atoms with Gasteiger partial charge in [-0.15, -0.1) is 0 Å². The smallest absolute Gasteiger partial charge is 0.214 e. The minimum atomic E-state index is -4.71. The van der Waals surface area contributed by atoms with Gasteiger partial charge in [-0.3, -0.25) is 0 Å². The van der Waals surface area contributed by atoms with Crippen molar-refractivity contribution in [3.8, 4) is 0 Å². The van der Waals surface area contributed by atoms with Crippen molar-refractivity contribution in [3.63, 3.8) is 0 Å².